The van der Waals surface area contributed by atoms with Gasteiger partial charge in [-0.1, -0.05) is 22.4 Å². The summed E-state index contributed by atoms with van der Waals surface area (Å²) in [6.07, 6.45) is 5.36. The topological polar surface area (TPSA) is 12.5 Å². The van der Waals surface area contributed by atoms with E-state index >= 15 is 0 Å². The van der Waals surface area contributed by atoms with Crippen LogP contribution in [0.1, 0.15) is 32.6 Å². The van der Waals surface area contributed by atoms with Crippen LogP contribution in [0.5, 0.6) is 0 Å². The number of ether oxygens (including phenoxy) is 1. The maximum Gasteiger partial charge on any atom is 0.0477 e. The van der Waals surface area contributed by atoms with Gasteiger partial charge in [0.15, 0.2) is 0 Å². The second kappa shape index (κ2) is 6.81. The van der Waals surface area contributed by atoms with E-state index in [-0.39, 0.29) is 0 Å². The number of rotatable bonds is 7. The van der Waals surface area contributed by atoms with Crippen molar-refractivity contribution in [1.82, 2.24) is 4.90 Å². The van der Waals surface area contributed by atoms with Gasteiger partial charge in [-0.3, -0.25) is 4.90 Å². The summed E-state index contributed by atoms with van der Waals surface area (Å²) in [5, 5.41) is 1.08. The van der Waals surface area contributed by atoms with Crippen LogP contribution in [0, 0.1) is 0 Å². The highest BCUT2D eigenvalue weighted by atomic mass is 79.9. The normalized spacial score (nSPS) is 19.7. The number of hydrogen-bond acceptors (Lipinski definition) is 2. The predicted molar refractivity (Wildman–Crippen MR) is 64.1 cm³/mol. The Labute approximate surface area is 96.1 Å². The van der Waals surface area contributed by atoms with Crippen molar-refractivity contribution in [3.8, 4) is 0 Å². The number of nitrogens with zero attached hydrogens (tertiary/aromatic N) is 1. The van der Waals surface area contributed by atoms with Gasteiger partial charge in [-0.2, -0.15) is 0 Å². The number of alkyl halides is 1. The number of methoxy groups -OCH3 is 1. The first-order chi connectivity index (χ1) is 6.79. The van der Waals surface area contributed by atoms with Gasteiger partial charge in [0.25, 0.3) is 0 Å². The van der Waals surface area contributed by atoms with E-state index in [0.29, 0.717) is 6.04 Å². The molecule has 0 saturated heterocycles. The average molecular weight is 264 g/mol. The van der Waals surface area contributed by atoms with E-state index in [9.17, 15) is 0 Å². The zero-order chi connectivity index (χ0) is 10.4. The summed E-state index contributed by atoms with van der Waals surface area (Å²) in [7, 11) is 1.78. The molecule has 84 valence electrons. The fraction of sp³-hybridized carbons (Fsp3) is 1.00. The lowest BCUT2D eigenvalue weighted by Crippen LogP contribution is -2.46. The minimum atomic E-state index is 0.665. The molecular weight excluding hydrogens is 242 g/mol. The molecule has 0 spiro atoms. The maximum absolute atomic E-state index is 5.13. The van der Waals surface area contributed by atoms with Crippen LogP contribution in [0.3, 0.4) is 0 Å². The van der Waals surface area contributed by atoms with E-state index in [2.05, 4.69) is 27.8 Å². The van der Waals surface area contributed by atoms with Crippen molar-refractivity contribution >= 4 is 15.9 Å². The fourth-order valence-corrected chi connectivity index (χ4v) is 2.44. The van der Waals surface area contributed by atoms with Gasteiger partial charge in [-0.15, -0.1) is 0 Å². The van der Waals surface area contributed by atoms with E-state index in [1.165, 1.54) is 25.8 Å². The summed E-state index contributed by atoms with van der Waals surface area (Å²) in [4.78, 5) is 2.64. The Morgan fingerprint density at radius 2 is 2.21 bits per heavy atom. The molecule has 1 rings (SSSR count). The van der Waals surface area contributed by atoms with E-state index in [1.807, 2.05) is 0 Å². The monoisotopic (exact) mass is 263 g/mol. The van der Waals surface area contributed by atoms with E-state index in [1.54, 1.807) is 7.11 Å². The molecule has 0 bridgehead atoms. The standard InChI is InChI=1S/C11H22BrNO/c1-10(6-9-14-2)13(8-7-12)11-4-3-5-11/h10-11H,3-9H2,1-2H3. The van der Waals surface area contributed by atoms with Gasteiger partial charge in [0.05, 0.1) is 0 Å². The van der Waals surface area contributed by atoms with E-state index in [4.69, 9.17) is 4.74 Å². The molecule has 0 N–H and O–H groups in total. The summed E-state index contributed by atoms with van der Waals surface area (Å²) in [6, 6.07) is 1.51. The lowest BCUT2D eigenvalue weighted by atomic mass is 9.90. The van der Waals surface area contributed by atoms with Gasteiger partial charge in [-0.25, -0.2) is 0 Å². The molecule has 14 heavy (non-hydrogen) atoms. The zero-order valence-corrected chi connectivity index (χ0v) is 10.9. The highest BCUT2D eigenvalue weighted by molar-refractivity contribution is 9.09. The molecule has 1 aliphatic rings. The second-order valence-electron chi connectivity index (χ2n) is 4.14. The largest absolute Gasteiger partial charge is 0.385 e. The van der Waals surface area contributed by atoms with Crippen LogP contribution in [-0.4, -0.2) is 42.6 Å². The zero-order valence-electron chi connectivity index (χ0n) is 9.34. The van der Waals surface area contributed by atoms with Crippen molar-refractivity contribution in [2.24, 2.45) is 0 Å². The molecule has 1 fully saturated rings. The second-order valence-corrected chi connectivity index (χ2v) is 4.94. The Balaban J connectivity index is 2.31. The Bertz CT molecular complexity index is 150. The smallest absolute Gasteiger partial charge is 0.0477 e. The van der Waals surface area contributed by atoms with Crippen LogP contribution >= 0.6 is 15.9 Å². The minimum Gasteiger partial charge on any atom is -0.385 e. The molecular formula is C11H22BrNO. The van der Waals surface area contributed by atoms with Gasteiger partial charge in [0, 0.05) is 37.7 Å². The Morgan fingerprint density at radius 1 is 1.50 bits per heavy atom. The first kappa shape index (κ1) is 12.5. The molecule has 1 unspecified atom stereocenters. The van der Waals surface area contributed by atoms with Gasteiger partial charge in [0.2, 0.25) is 0 Å². The molecule has 1 atom stereocenters. The molecule has 2 nitrogen and oxygen atoms in total. The van der Waals surface area contributed by atoms with Crippen molar-refractivity contribution < 1.29 is 4.74 Å². The third-order valence-electron chi connectivity index (χ3n) is 3.19. The minimum absolute atomic E-state index is 0.665. The highest BCUT2D eigenvalue weighted by Gasteiger charge is 2.27. The average Bonchev–Trinajstić information content (AvgIpc) is 2.10. The number of halogens is 1. The molecule has 0 heterocycles. The summed E-state index contributed by atoms with van der Waals surface area (Å²) < 4.78 is 5.13. The quantitative estimate of drug-likeness (QED) is 0.655. The van der Waals surface area contributed by atoms with Crippen molar-refractivity contribution in [3.05, 3.63) is 0 Å². The van der Waals surface area contributed by atoms with E-state index < -0.39 is 0 Å². The molecule has 1 aliphatic carbocycles. The fourth-order valence-electron chi connectivity index (χ4n) is 2.03. The third kappa shape index (κ3) is 3.52. The summed E-state index contributed by atoms with van der Waals surface area (Å²) in [6.45, 7) is 4.38. The Morgan fingerprint density at radius 3 is 2.64 bits per heavy atom. The highest BCUT2D eigenvalue weighted by Crippen LogP contribution is 2.27. The van der Waals surface area contributed by atoms with Gasteiger partial charge in [0.1, 0.15) is 0 Å². The predicted octanol–water partition coefficient (Wildman–Crippen LogP) is 2.66. The van der Waals surface area contributed by atoms with Crippen LogP contribution < -0.4 is 0 Å². The molecule has 0 aromatic heterocycles. The van der Waals surface area contributed by atoms with E-state index in [0.717, 1.165) is 24.4 Å². The maximum atomic E-state index is 5.13. The van der Waals surface area contributed by atoms with Crippen LogP contribution in [0.2, 0.25) is 0 Å². The van der Waals surface area contributed by atoms with Crippen molar-refractivity contribution in [2.75, 3.05) is 25.6 Å². The lowest BCUT2D eigenvalue weighted by Gasteiger charge is -2.41. The first-order valence-corrected chi connectivity index (χ1v) is 6.72. The van der Waals surface area contributed by atoms with Crippen molar-refractivity contribution in [2.45, 2.75) is 44.7 Å². The molecule has 0 aliphatic heterocycles. The van der Waals surface area contributed by atoms with Gasteiger partial charge >= 0.3 is 0 Å². The van der Waals surface area contributed by atoms with Gasteiger partial charge < -0.3 is 4.74 Å². The molecule has 0 radical (unpaired) electrons. The molecule has 1 saturated carbocycles. The third-order valence-corrected chi connectivity index (χ3v) is 3.55. The van der Waals surface area contributed by atoms with Crippen molar-refractivity contribution in [1.29, 1.82) is 0 Å². The molecule has 3 heteroatoms. The lowest BCUT2D eigenvalue weighted by molar-refractivity contribution is 0.0727. The van der Waals surface area contributed by atoms with Crippen LogP contribution in [0.15, 0.2) is 0 Å². The Kier molecular flexibility index (Phi) is 6.06. The summed E-state index contributed by atoms with van der Waals surface area (Å²) >= 11 is 3.54. The van der Waals surface area contributed by atoms with Crippen LogP contribution in [0.25, 0.3) is 0 Å². The van der Waals surface area contributed by atoms with Gasteiger partial charge in [-0.05, 0) is 26.2 Å². The summed E-state index contributed by atoms with van der Waals surface area (Å²) in [5.74, 6) is 0. The van der Waals surface area contributed by atoms with Crippen LogP contribution in [0.4, 0.5) is 0 Å². The number of hydrogen-bond donors (Lipinski definition) is 0. The molecule has 0 amide bonds. The summed E-state index contributed by atoms with van der Waals surface area (Å²) in [5.41, 5.74) is 0. The van der Waals surface area contributed by atoms with Crippen molar-refractivity contribution in [3.63, 3.8) is 0 Å². The molecule has 0 aromatic carbocycles. The Hall–Kier alpha value is 0.400. The molecule has 0 aromatic rings. The SMILES string of the molecule is COCCC(C)N(CCBr)C1CCC1. The van der Waals surface area contributed by atoms with Crippen LogP contribution in [-0.2, 0) is 4.74 Å². The first-order valence-electron chi connectivity index (χ1n) is 5.60.